The third-order valence-electron chi connectivity index (χ3n) is 2.67. The Morgan fingerprint density at radius 1 is 1.21 bits per heavy atom. The van der Waals surface area contributed by atoms with Crippen LogP contribution in [-0.2, 0) is 16.0 Å². The zero-order chi connectivity index (χ0) is 14.1. The molecule has 0 atom stereocenters. The number of carboxylic acids is 1. The molecule has 4 nitrogen and oxygen atoms in total. The van der Waals surface area contributed by atoms with Crippen molar-refractivity contribution in [2.45, 2.75) is 32.1 Å². The van der Waals surface area contributed by atoms with Crippen LogP contribution in [0.15, 0.2) is 24.3 Å². The lowest BCUT2D eigenvalue weighted by Crippen LogP contribution is -2.25. The molecule has 1 aromatic carbocycles. The van der Waals surface area contributed by atoms with E-state index < -0.39 is 5.97 Å². The topological polar surface area (TPSA) is 66.4 Å². The van der Waals surface area contributed by atoms with Gasteiger partial charge in [0.25, 0.3) is 0 Å². The van der Waals surface area contributed by atoms with Crippen molar-refractivity contribution in [1.82, 2.24) is 5.32 Å². The van der Waals surface area contributed by atoms with Gasteiger partial charge in [-0.3, -0.25) is 9.59 Å². The van der Waals surface area contributed by atoms with E-state index in [1.54, 1.807) is 0 Å². The van der Waals surface area contributed by atoms with E-state index >= 15 is 0 Å². The van der Waals surface area contributed by atoms with Crippen molar-refractivity contribution in [2.24, 2.45) is 0 Å². The predicted molar refractivity (Wildman–Crippen MR) is 74.3 cm³/mol. The zero-order valence-electron chi connectivity index (χ0n) is 10.7. The Morgan fingerprint density at radius 2 is 1.95 bits per heavy atom. The molecule has 19 heavy (non-hydrogen) atoms. The third kappa shape index (κ3) is 7.47. The zero-order valence-corrected chi connectivity index (χ0v) is 11.4. The molecule has 2 N–H and O–H groups in total. The molecule has 0 aliphatic rings. The van der Waals surface area contributed by atoms with E-state index in [-0.39, 0.29) is 12.3 Å². The van der Waals surface area contributed by atoms with Gasteiger partial charge in [-0.2, -0.15) is 0 Å². The second-order valence-electron chi connectivity index (χ2n) is 4.33. The van der Waals surface area contributed by atoms with Gasteiger partial charge >= 0.3 is 5.97 Å². The minimum Gasteiger partial charge on any atom is -0.481 e. The van der Waals surface area contributed by atoms with Gasteiger partial charge in [-0.15, -0.1) is 0 Å². The smallest absolute Gasteiger partial charge is 0.303 e. The molecule has 1 aromatic rings. The number of hydrogen-bond acceptors (Lipinski definition) is 2. The van der Waals surface area contributed by atoms with Crippen molar-refractivity contribution in [2.75, 3.05) is 6.54 Å². The van der Waals surface area contributed by atoms with E-state index in [2.05, 4.69) is 5.32 Å². The van der Waals surface area contributed by atoms with Gasteiger partial charge in [-0.1, -0.05) is 23.7 Å². The van der Waals surface area contributed by atoms with Gasteiger partial charge in [-0.05, 0) is 37.0 Å². The van der Waals surface area contributed by atoms with Gasteiger partial charge in [-0.25, -0.2) is 0 Å². The SMILES string of the molecule is O=C(O)CCCCC(=O)NCCc1cccc(Cl)c1. The highest BCUT2D eigenvalue weighted by molar-refractivity contribution is 6.30. The average Bonchev–Trinajstić information content (AvgIpc) is 2.34. The number of carbonyl (C=O) groups excluding carboxylic acids is 1. The maximum absolute atomic E-state index is 11.5. The summed E-state index contributed by atoms with van der Waals surface area (Å²) in [5, 5.41) is 12.0. The number of halogens is 1. The second kappa shape index (κ2) is 8.53. The van der Waals surface area contributed by atoms with Crippen LogP contribution in [-0.4, -0.2) is 23.5 Å². The van der Waals surface area contributed by atoms with Crippen LogP contribution in [0.2, 0.25) is 5.02 Å². The quantitative estimate of drug-likeness (QED) is 0.721. The first-order valence-corrected chi connectivity index (χ1v) is 6.68. The second-order valence-corrected chi connectivity index (χ2v) is 4.77. The minimum absolute atomic E-state index is 0.0348. The summed E-state index contributed by atoms with van der Waals surface area (Å²) in [6.45, 7) is 0.568. The van der Waals surface area contributed by atoms with Crippen LogP contribution in [0.25, 0.3) is 0 Å². The lowest BCUT2D eigenvalue weighted by molar-refractivity contribution is -0.137. The Kier molecular flexibility index (Phi) is 6.97. The average molecular weight is 284 g/mol. The maximum Gasteiger partial charge on any atom is 0.303 e. The standard InChI is InChI=1S/C14H18ClNO3/c15-12-5-3-4-11(10-12)8-9-16-13(17)6-1-2-7-14(18)19/h3-5,10H,1-2,6-9H2,(H,16,17)(H,18,19). The number of carbonyl (C=O) groups is 2. The van der Waals surface area contributed by atoms with E-state index in [1.165, 1.54) is 0 Å². The Balaban J connectivity index is 2.12. The number of unbranched alkanes of at least 4 members (excludes halogenated alkanes) is 1. The fraction of sp³-hybridized carbons (Fsp3) is 0.429. The number of carboxylic acid groups (broad SMARTS) is 1. The van der Waals surface area contributed by atoms with Crippen LogP contribution in [0.4, 0.5) is 0 Å². The molecule has 0 aromatic heterocycles. The first kappa shape index (κ1) is 15.5. The highest BCUT2D eigenvalue weighted by atomic mass is 35.5. The van der Waals surface area contributed by atoms with Crippen LogP contribution >= 0.6 is 11.6 Å². The number of rotatable bonds is 8. The lowest BCUT2D eigenvalue weighted by atomic mass is 10.1. The lowest BCUT2D eigenvalue weighted by Gasteiger charge is -2.05. The third-order valence-corrected chi connectivity index (χ3v) is 2.90. The molecule has 0 heterocycles. The summed E-state index contributed by atoms with van der Waals surface area (Å²) in [5.74, 6) is -0.853. The molecule has 1 rings (SSSR count). The molecule has 0 unspecified atom stereocenters. The summed E-state index contributed by atoms with van der Waals surface area (Å²) < 4.78 is 0. The first-order valence-electron chi connectivity index (χ1n) is 6.31. The molecule has 104 valence electrons. The van der Waals surface area contributed by atoms with Gasteiger partial charge in [0.15, 0.2) is 0 Å². The number of nitrogens with one attached hydrogen (secondary N) is 1. The van der Waals surface area contributed by atoms with Crippen LogP contribution in [0, 0.1) is 0 Å². The van der Waals surface area contributed by atoms with E-state index in [1.807, 2.05) is 24.3 Å². The summed E-state index contributed by atoms with van der Waals surface area (Å²) in [7, 11) is 0. The molecule has 5 heteroatoms. The van der Waals surface area contributed by atoms with Gasteiger partial charge in [0, 0.05) is 24.4 Å². The van der Waals surface area contributed by atoms with Crippen molar-refractivity contribution in [3.63, 3.8) is 0 Å². The molecular weight excluding hydrogens is 266 g/mol. The van der Waals surface area contributed by atoms with E-state index in [9.17, 15) is 9.59 Å². The molecule has 0 aliphatic carbocycles. The predicted octanol–water partition coefficient (Wildman–Crippen LogP) is 2.64. The molecule has 0 aliphatic heterocycles. The Morgan fingerprint density at radius 3 is 2.63 bits per heavy atom. The van der Waals surface area contributed by atoms with Crippen LogP contribution in [0.1, 0.15) is 31.2 Å². The molecule has 0 radical (unpaired) electrons. The highest BCUT2D eigenvalue weighted by Crippen LogP contribution is 2.10. The van der Waals surface area contributed by atoms with Gasteiger partial charge < -0.3 is 10.4 Å². The van der Waals surface area contributed by atoms with Crippen LogP contribution < -0.4 is 5.32 Å². The fourth-order valence-corrected chi connectivity index (χ4v) is 1.90. The van der Waals surface area contributed by atoms with Crippen molar-refractivity contribution in [3.05, 3.63) is 34.9 Å². The number of aliphatic carboxylic acids is 1. The van der Waals surface area contributed by atoms with Crippen LogP contribution in [0.3, 0.4) is 0 Å². The summed E-state index contributed by atoms with van der Waals surface area (Å²) in [4.78, 5) is 21.7. The molecule has 0 saturated carbocycles. The monoisotopic (exact) mass is 283 g/mol. The molecular formula is C14H18ClNO3. The number of benzene rings is 1. The Labute approximate surface area is 117 Å². The summed E-state index contributed by atoms with van der Waals surface area (Å²) in [6, 6.07) is 7.53. The van der Waals surface area contributed by atoms with Crippen LogP contribution in [0.5, 0.6) is 0 Å². The first-order chi connectivity index (χ1) is 9.08. The van der Waals surface area contributed by atoms with E-state index in [0.29, 0.717) is 30.8 Å². The van der Waals surface area contributed by atoms with Gasteiger partial charge in [0.05, 0.1) is 0 Å². The van der Waals surface area contributed by atoms with Crippen molar-refractivity contribution >= 4 is 23.5 Å². The molecule has 0 fully saturated rings. The Hall–Kier alpha value is -1.55. The number of hydrogen-bond donors (Lipinski definition) is 2. The van der Waals surface area contributed by atoms with Crippen molar-refractivity contribution in [3.8, 4) is 0 Å². The number of amides is 1. The van der Waals surface area contributed by atoms with Gasteiger partial charge in [0.2, 0.25) is 5.91 Å². The highest BCUT2D eigenvalue weighted by Gasteiger charge is 2.02. The maximum atomic E-state index is 11.5. The minimum atomic E-state index is -0.818. The fourth-order valence-electron chi connectivity index (χ4n) is 1.69. The summed E-state index contributed by atoms with van der Waals surface area (Å²) in [5.41, 5.74) is 1.08. The summed E-state index contributed by atoms with van der Waals surface area (Å²) >= 11 is 5.86. The molecule has 0 spiro atoms. The summed E-state index contributed by atoms with van der Waals surface area (Å²) in [6.07, 6.45) is 2.38. The Bertz CT molecular complexity index is 434. The molecule has 1 amide bonds. The largest absolute Gasteiger partial charge is 0.481 e. The normalized spacial score (nSPS) is 10.2. The van der Waals surface area contributed by atoms with Crippen molar-refractivity contribution < 1.29 is 14.7 Å². The molecule has 0 saturated heterocycles. The van der Waals surface area contributed by atoms with E-state index in [4.69, 9.17) is 16.7 Å². The van der Waals surface area contributed by atoms with Gasteiger partial charge in [0.1, 0.15) is 0 Å². The molecule has 0 bridgehead atoms. The van der Waals surface area contributed by atoms with E-state index in [0.717, 1.165) is 12.0 Å². The van der Waals surface area contributed by atoms with Crippen molar-refractivity contribution in [1.29, 1.82) is 0 Å².